The fourth-order valence-electron chi connectivity index (χ4n) is 2.29. The minimum atomic E-state index is -0.473. The van der Waals surface area contributed by atoms with Crippen LogP contribution in [0, 0.1) is 0 Å². The maximum Gasteiger partial charge on any atom is 0.321 e. The van der Waals surface area contributed by atoms with Gasteiger partial charge in [-0.3, -0.25) is 15.0 Å². The minimum Gasteiger partial charge on any atom is -0.493 e. The molecule has 0 spiro atoms. The van der Waals surface area contributed by atoms with E-state index >= 15 is 0 Å². The van der Waals surface area contributed by atoms with Crippen molar-refractivity contribution in [3.63, 3.8) is 0 Å². The molecule has 7 nitrogen and oxygen atoms in total. The van der Waals surface area contributed by atoms with Crippen molar-refractivity contribution in [2.24, 2.45) is 0 Å². The third-order valence-electron chi connectivity index (χ3n) is 3.42. The highest BCUT2D eigenvalue weighted by Gasteiger charge is 2.14. The molecule has 0 aliphatic carbocycles. The summed E-state index contributed by atoms with van der Waals surface area (Å²) in [6.07, 6.45) is 0. The predicted octanol–water partition coefficient (Wildman–Crippen LogP) is 2.15. The Morgan fingerprint density at radius 2 is 1.92 bits per heavy atom. The zero-order valence-corrected chi connectivity index (χ0v) is 15.7. The second kappa shape index (κ2) is 10.6. The molecule has 0 heterocycles. The molecule has 1 rings (SSSR count). The topological polar surface area (TPSA) is 79.9 Å². The van der Waals surface area contributed by atoms with Crippen LogP contribution < -0.4 is 20.1 Å². The third kappa shape index (κ3) is 7.43. The van der Waals surface area contributed by atoms with E-state index in [4.69, 9.17) is 9.47 Å². The summed E-state index contributed by atoms with van der Waals surface area (Å²) in [5.74, 6) is 1.02. The van der Waals surface area contributed by atoms with Gasteiger partial charge in [0.2, 0.25) is 5.91 Å². The van der Waals surface area contributed by atoms with Gasteiger partial charge in [-0.15, -0.1) is 0 Å². The number of rotatable bonds is 9. The molecule has 0 bridgehead atoms. The summed E-state index contributed by atoms with van der Waals surface area (Å²) in [6, 6.07) is 5.21. The van der Waals surface area contributed by atoms with E-state index in [1.54, 1.807) is 7.11 Å². The van der Waals surface area contributed by atoms with Crippen molar-refractivity contribution in [2.75, 3.05) is 26.8 Å². The molecule has 1 aromatic rings. The maximum atomic E-state index is 12.0. The molecular formula is C18H29N3O4. The Kier molecular flexibility index (Phi) is 8.77. The number of urea groups is 1. The van der Waals surface area contributed by atoms with E-state index in [9.17, 15) is 9.59 Å². The zero-order chi connectivity index (χ0) is 18.8. The lowest BCUT2D eigenvalue weighted by molar-refractivity contribution is -0.121. The van der Waals surface area contributed by atoms with Crippen molar-refractivity contribution >= 4 is 11.9 Å². The van der Waals surface area contributed by atoms with Gasteiger partial charge in [-0.05, 0) is 45.0 Å². The van der Waals surface area contributed by atoms with E-state index < -0.39 is 6.03 Å². The van der Waals surface area contributed by atoms with E-state index in [0.717, 1.165) is 5.56 Å². The summed E-state index contributed by atoms with van der Waals surface area (Å²) in [4.78, 5) is 25.5. The molecular weight excluding hydrogens is 322 g/mol. The number of hydrogen-bond donors (Lipinski definition) is 2. The van der Waals surface area contributed by atoms with Gasteiger partial charge in [0, 0.05) is 12.6 Å². The van der Waals surface area contributed by atoms with Crippen molar-refractivity contribution in [1.82, 2.24) is 15.5 Å². The van der Waals surface area contributed by atoms with Crippen molar-refractivity contribution in [3.8, 4) is 11.5 Å². The van der Waals surface area contributed by atoms with Crippen LogP contribution >= 0.6 is 0 Å². The Labute approximate surface area is 149 Å². The molecule has 0 saturated heterocycles. The lowest BCUT2D eigenvalue weighted by Crippen LogP contribution is -2.46. The Bertz CT molecular complexity index is 575. The van der Waals surface area contributed by atoms with Gasteiger partial charge in [0.1, 0.15) is 0 Å². The molecule has 3 amide bonds. The Morgan fingerprint density at radius 1 is 1.20 bits per heavy atom. The number of carbonyl (C=O) groups excluding carboxylic acids is 2. The average molecular weight is 351 g/mol. The van der Waals surface area contributed by atoms with E-state index in [1.165, 1.54) is 0 Å². The first kappa shape index (κ1) is 20.8. The standard InChI is InChI=1S/C18H29N3O4/c1-6-21(12-17(22)20-18(23)19-13(3)4)11-14-8-9-15(25-7-2)16(10-14)24-5/h8-10,13H,6-7,11-12H2,1-5H3,(H2,19,20,22,23). The van der Waals surface area contributed by atoms with E-state index in [1.807, 2.05) is 50.8 Å². The first-order chi connectivity index (χ1) is 11.9. The van der Waals surface area contributed by atoms with Crippen molar-refractivity contribution in [3.05, 3.63) is 23.8 Å². The molecule has 0 atom stereocenters. The Morgan fingerprint density at radius 3 is 2.48 bits per heavy atom. The van der Waals surface area contributed by atoms with Gasteiger partial charge in [0.25, 0.3) is 0 Å². The smallest absolute Gasteiger partial charge is 0.321 e. The predicted molar refractivity (Wildman–Crippen MR) is 96.9 cm³/mol. The Balaban J connectivity index is 2.66. The molecule has 25 heavy (non-hydrogen) atoms. The average Bonchev–Trinajstić information content (AvgIpc) is 2.54. The summed E-state index contributed by atoms with van der Waals surface area (Å²) in [5, 5.41) is 4.96. The molecule has 0 radical (unpaired) electrons. The second-order valence-corrected chi connectivity index (χ2v) is 5.90. The molecule has 0 saturated carbocycles. The summed E-state index contributed by atoms with van der Waals surface area (Å²) in [6.45, 7) is 9.50. The van der Waals surface area contributed by atoms with E-state index in [2.05, 4.69) is 10.6 Å². The monoisotopic (exact) mass is 351 g/mol. The molecule has 0 aromatic heterocycles. The lowest BCUT2D eigenvalue weighted by atomic mass is 10.2. The maximum absolute atomic E-state index is 12.0. The van der Waals surface area contributed by atoms with E-state index in [0.29, 0.717) is 31.2 Å². The number of likely N-dealkylation sites (N-methyl/N-ethyl adjacent to an activating group) is 1. The summed E-state index contributed by atoms with van der Waals surface area (Å²) >= 11 is 0. The van der Waals surface area contributed by atoms with Crippen LogP contribution in [-0.2, 0) is 11.3 Å². The zero-order valence-electron chi connectivity index (χ0n) is 15.7. The number of carbonyl (C=O) groups is 2. The van der Waals surface area contributed by atoms with Gasteiger partial charge in [-0.1, -0.05) is 13.0 Å². The molecule has 0 unspecified atom stereocenters. The quantitative estimate of drug-likeness (QED) is 0.713. The Hall–Kier alpha value is -2.28. The number of ether oxygens (including phenoxy) is 2. The van der Waals surface area contributed by atoms with Gasteiger partial charge in [0.05, 0.1) is 20.3 Å². The molecule has 0 fully saturated rings. The van der Waals surface area contributed by atoms with Crippen molar-refractivity contribution < 1.29 is 19.1 Å². The van der Waals surface area contributed by atoms with E-state index in [-0.39, 0.29) is 18.5 Å². The van der Waals surface area contributed by atoms with Crippen LogP contribution in [0.1, 0.15) is 33.3 Å². The van der Waals surface area contributed by atoms with Gasteiger partial charge in [0.15, 0.2) is 11.5 Å². The lowest BCUT2D eigenvalue weighted by Gasteiger charge is -2.20. The molecule has 0 aliphatic heterocycles. The molecule has 2 N–H and O–H groups in total. The van der Waals surface area contributed by atoms with Crippen LogP contribution in [0.4, 0.5) is 4.79 Å². The first-order valence-electron chi connectivity index (χ1n) is 8.51. The summed E-state index contributed by atoms with van der Waals surface area (Å²) in [5.41, 5.74) is 1.00. The third-order valence-corrected chi connectivity index (χ3v) is 3.42. The fraction of sp³-hybridized carbons (Fsp3) is 0.556. The van der Waals surface area contributed by atoms with Crippen LogP contribution in [0.5, 0.6) is 11.5 Å². The highest BCUT2D eigenvalue weighted by atomic mass is 16.5. The molecule has 140 valence electrons. The van der Waals surface area contributed by atoms with Crippen LogP contribution in [0.3, 0.4) is 0 Å². The van der Waals surface area contributed by atoms with Crippen molar-refractivity contribution in [2.45, 2.75) is 40.3 Å². The number of benzene rings is 1. The number of nitrogens with one attached hydrogen (secondary N) is 2. The number of methoxy groups -OCH3 is 1. The highest BCUT2D eigenvalue weighted by Crippen LogP contribution is 2.28. The minimum absolute atomic E-state index is 0.0219. The number of imide groups is 1. The SMILES string of the molecule is CCOc1ccc(CN(CC)CC(=O)NC(=O)NC(C)C)cc1OC. The molecule has 7 heteroatoms. The van der Waals surface area contributed by atoms with Crippen LogP contribution in [0.15, 0.2) is 18.2 Å². The fourth-order valence-corrected chi connectivity index (χ4v) is 2.29. The van der Waals surface area contributed by atoms with Gasteiger partial charge in [-0.2, -0.15) is 0 Å². The summed E-state index contributed by atoms with van der Waals surface area (Å²) in [7, 11) is 1.60. The first-order valence-corrected chi connectivity index (χ1v) is 8.51. The van der Waals surface area contributed by atoms with Gasteiger partial charge in [-0.25, -0.2) is 4.79 Å². The number of amides is 3. The number of nitrogens with zero attached hydrogens (tertiary/aromatic N) is 1. The van der Waals surface area contributed by atoms with Crippen LogP contribution in [0.25, 0.3) is 0 Å². The highest BCUT2D eigenvalue weighted by molar-refractivity contribution is 5.95. The van der Waals surface area contributed by atoms with Gasteiger partial charge < -0.3 is 14.8 Å². The molecule has 0 aliphatic rings. The second-order valence-electron chi connectivity index (χ2n) is 5.90. The van der Waals surface area contributed by atoms with Gasteiger partial charge >= 0.3 is 6.03 Å². The van der Waals surface area contributed by atoms with Crippen LogP contribution in [0.2, 0.25) is 0 Å². The normalized spacial score (nSPS) is 10.7. The summed E-state index contributed by atoms with van der Waals surface area (Å²) < 4.78 is 10.9. The largest absolute Gasteiger partial charge is 0.493 e. The van der Waals surface area contributed by atoms with Crippen LogP contribution in [-0.4, -0.2) is 49.7 Å². The number of hydrogen-bond acceptors (Lipinski definition) is 5. The van der Waals surface area contributed by atoms with Crippen molar-refractivity contribution in [1.29, 1.82) is 0 Å². The molecule has 1 aromatic carbocycles.